The van der Waals surface area contributed by atoms with Gasteiger partial charge in [-0.3, -0.25) is 15.0 Å². The summed E-state index contributed by atoms with van der Waals surface area (Å²) in [6.07, 6.45) is 0.691. The lowest BCUT2D eigenvalue weighted by molar-refractivity contribution is -0.138. The molecule has 0 bridgehead atoms. The molecule has 3 N–H and O–H groups in total. The zero-order valence-electron chi connectivity index (χ0n) is 18.8. The standard InChI is InChI=1S/C23H28N4O5S/c1-16-9-10-19(17(2)15-16)33(31,32)24-14-12-20(28)26-27-21(29)23(3,25-22(27)30)13-11-18-7-5-4-6-8-18/h4-10,15,24H,11-14H2,1-3H3,(H,25,30)(H,26,28). The number of amides is 4. The van der Waals surface area contributed by atoms with Crippen LogP contribution in [0.5, 0.6) is 0 Å². The van der Waals surface area contributed by atoms with Gasteiger partial charge in [-0.15, -0.1) is 0 Å². The molecule has 176 valence electrons. The molecule has 2 aromatic carbocycles. The second-order valence-corrected chi connectivity index (χ2v) is 10.1. The van der Waals surface area contributed by atoms with Gasteiger partial charge in [0.05, 0.1) is 4.90 Å². The van der Waals surface area contributed by atoms with Crippen molar-refractivity contribution in [3.05, 3.63) is 65.2 Å². The molecule has 1 heterocycles. The van der Waals surface area contributed by atoms with Crippen LogP contribution in [0.2, 0.25) is 0 Å². The van der Waals surface area contributed by atoms with Crippen LogP contribution in [0.15, 0.2) is 53.4 Å². The van der Waals surface area contributed by atoms with E-state index in [0.717, 1.165) is 11.1 Å². The van der Waals surface area contributed by atoms with E-state index in [2.05, 4.69) is 15.5 Å². The molecule has 1 unspecified atom stereocenters. The average Bonchev–Trinajstić information content (AvgIpc) is 2.96. The fourth-order valence-corrected chi connectivity index (χ4v) is 4.91. The largest absolute Gasteiger partial charge is 0.344 e. The Morgan fingerprint density at radius 2 is 1.79 bits per heavy atom. The first-order valence-corrected chi connectivity index (χ1v) is 12.1. The molecule has 0 saturated carbocycles. The van der Waals surface area contributed by atoms with E-state index in [1.807, 2.05) is 37.3 Å². The third-order valence-electron chi connectivity index (χ3n) is 5.52. The molecule has 33 heavy (non-hydrogen) atoms. The molecular weight excluding hydrogens is 444 g/mol. The van der Waals surface area contributed by atoms with E-state index in [0.29, 0.717) is 23.4 Å². The summed E-state index contributed by atoms with van der Waals surface area (Å²) in [6, 6.07) is 13.8. The van der Waals surface area contributed by atoms with E-state index in [-0.39, 0.29) is 17.9 Å². The zero-order valence-corrected chi connectivity index (χ0v) is 19.7. The number of urea groups is 1. The minimum absolute atomic E-state index is 0.136. The van der Waals surface area contributed by atoms with Crippen LogP contribution in [-0.4, -0.2) is 43.4 Å². The highest BCUT2D eigenvalue weighted by Crippen LogP contribution is 2.22. The van der Waals surface area contributed by atoms with Crippen molar-refractivity contribution in [2.75, 3.05) is 6.54 Å². The van der Waals surface area contributed by atoms with Gasteiger partial charge in [-0.05, 0) is 50.8 Å². The molecule has 1 aliphatic heterocycles. The molecule has 0 aromatic heterocycles. The van der Waals surface area contributed by atoms with Gasteiger partial charge in [-0.25, -0.2) is 17.9 Å². The van der Waals surface area contributed by atoms with E-state index >= 15 is 0 Å². The van der Waals surface area contributed by atoms with Crippen LogP contribution in [0.3, 0.4) is 0 Å². The SMILES string of the molecule is Cc1ccc(S(=O)(=O)NCCC(=O)NN2C(=O)NC(C)(CCc3ccccc3)C2=O)c(C)c1. The number of aryl methyl sites for hydroxylation is 3. The Morgan fingerprint density at radius 1 is 1.09 bits per heavy atom. The second-order valence-electron chi connectivity index (χ2n) is 8.34. The van der Waals surface area contributed by atoms with Crippen LogP contribution in [0, 0.1) is 13.8 Å². The number of imide groups is 1. The Bertz CT molecular complexity index is 1170. The minimum Gasteiger partial charge on any atom is -0.322 e. The number of hydrogen-bond donors (Lipinski definition) is 3. The molecule has 10 heteroatoms. The maximum Gasteiger partial charge on any atom is 0.344 e. The van der Waals surface area contributed by atoms with Gasteiger partial charge in [-0.1, -0.05) is 48.0 Å². The highest BCUT2D eigenvalue weighted by Gasteiger charge is 2.48. The fourth-order valence-electron chi connectivity index (χ4n) is 3.65. The number of hydrazine groups is 1. The summed E-state index contributed by atoms with van der Waals surface area (Å²) in [5, 5.41) is 3.29. The Labute approximate surface area is 193 Å². The first-order chi connectivity index (χ1) is 15.5. The van der Waals surface area contributed by atoms with Crippen LogP contribution in [0.1, 0.15) is 36.5 Å². The van der Waals surface area contributed by atoms with E-state index in [1.54, 1.807) is 26.0 Å². The topological polar surface area (TPSA) is 125 Å². The predicted octanol–water partition coefficient (Wildman–Crippen LogP) is 1.95. The van der Waals surface area contributed by atoms with Crippen molar-refractivity contribution in [1.29, 1.82) is 0 Å². The zero-order chi connectivity index (χ0) is 24.2. The maximum absolute atomic E-state index is 12.8. The van der Waals surface area contributed by atoms with Gasteiger partial charge >= 0.3 is 6.03 Å². The quantitative estimate of drug-likeness (QED) is 0.481. The molecule has 3 rings (SSSR count). The molecule has 0 aliphatic carbocycles. The van der Waals surface area contributed by atoms with Crippen LogP contribution in [0.25, 0.3) is 0 Å². The highest BCUT2D eigenvalue weighted by atomic mass is 32.2. The van der Waals surface area contributed by atoms with E-state index in [1.165, 1.54) is 6.07 Å². The smallest absolute Gasteiger partial charge is 0.322 e. The number of sulfonamides is 1. The third-order valence-corrected chi connectivity index (χ3v) is 7.14. The fraction of sp³-hybridized carbons (Fsp3) is 0.348. The van der Waals surface area contributed by atoms with Crippen molar-refractivity contribution in [3.8, 4) is 0 Å². The summed E-state index contributed by atoms with van der Waals surface area (Å²) in [7, 11) is -3.79. The number of nitrogens with one attached hydrogen (secondary N) is 3. The van der Waals surface area contributed by atoms with Gasteiger partial charge in [0.1, 0.15) is 5.54 Å². The average molecular weight is 473 g/mol. The third kappa shape index (κ3) is 5.77. The summed E-state index contributed by atoms with van der Waals surface area (Å²) in [5.74, 6) is -1.22. The van der Waals surface area contributed by atoms with Gasteiger partial charge in [0.25, 0.3) is 5.91 Å². The Hall–Kier alpha value is -3.24. The molecule has 0 radical (unpaired) electrons. The summed E-state index contributed by atoms with van der Waals surface area (Å²) in [5.41, 5.74) is 3.69. The number of carbonyl (C=O) groups is 3. The van der Waals surface area contributed by atoms with Crippen LogP contribution in [0.4, 0.5) is 4.79 Å². The molecule has 1 saturated heterocycles. The molecule has 1 fully saturated rings. The van der Waals surface area contributed by atoms with Gasteiger partial charge in [0.15, 0.2) is 0 Å². The monoisotopic (exact) mass is 472 g/mol. The number of rotatable bonds is 9. The predicted molar refractivity (Wildman–Crippen MR) is 122 cm³/mol. The summed E-state index contributed by atoms with van der Waals surface area (Å²) < 4.78 is 27.4. The first-order valence-electron chi connectivity index (χ1n) is 10.6. The number of hydrogen-bond acceptors (Lipinski definition) is 5. The lowest BCUT2D eigenvalue weighted by atomic mass is 9.93. The lowest BCUT2D eigenvalue weighted by Gasteiger charge is -2.21. The lowest BCUT2D eigenvalue weighted by Crippen LogP contribution is -2.49. The molecule has 1 aliphatic rings. The van der Waals surface area contributed by atoms with Gasteiger partial charge in [0, 0.05) is 13.0 Å². The first kappa shape index (κ1) is 24.4. The Balaban J connectivity index is 1.53. The maximum atomic E-state index is 12.8. The second kappa shape index (κ2) is 9.72. The molecule has 4 amide bonds. The molecule has 0 spiro atoms. The highest BCUT2D eigenvalue weighted by molar-refractivity contribution is 7.89. The van der Waals surface area contributed by atoms with Crippen LogP contribution in [-0.2, 0) is 26.0 Å². The van der Waals surface area contributed by atoms with Gasteiger partial charge in [-0.2, -0.15) is 5.01 Å². The van der Waals surface area contributed by atoms with Crippen molar-refractivity contribution in [3.63, 3.8) is 0 Å². The number of carbonyl (C=O) groups excluding carboxylic acids is 3. The summed E-state index contributed by atoms with van der Waals surface area (Å²) >= 11 is 0. The van der Waals surface area contributed by atoms with Crippen molar-refractivity contribution >= 4 is 27.9 Å². The van der Waals surface area contributed by atoms with Crippen LogP contribution < -0.4 is 15.5 Å². The normalized spacial score (nSPS) is 18.3. The molecular formula is C23H28N4O5S. The number of benzene rings is 2. The summed E-state index contributed by atoms with van der Waals surface area (Å²) in [6.45, 7) is 4.99. The minimum atomic E-state index is -3.79. The van der Waals surface area contributed by atoms with E-state index < -0.39 is 33.4 Å². The van der Waals surface area contributed by atoms with Gasteiger partial charge in [0.2, 0.25) is 15.9 Å². The number of nitrogens with zero attached hydrogens (tertiary/aromatic N) is 1. The molecule has 9 nitrogen and oxygen atoms in total. The molecule has 1 atom stereocenters. The van der Waals surface area contributed by atoms with E-state index in [4.69, 9.17) is 0 Å². The van der Waals surface area contributed by atoms with Crippen molar-refractivity contribution < 1.29 is 22.8 Å². The van der Waals surface area contributed by atoms with Crippen molar-refractivity contribution in [2.45, 2.75) is 50.5 Å². The van der Waals surface area contributed by atoms with E-state index in [9.17, 15) is 22.8 Å². The van der Waals surface area contributed by atoms with Crippen molar-refractivity contribution in [2.24, 2.45) is 0 Å². The van der Waals surface area contributed by atoms with Crippen molar-refractivity contribution in [1.82, 2.24) is 20.5 Å². The van der Waals surface area contributed by atoms with Crippen LogP contribution >= 0.6 is 0 Å². The Kier molecular flexibility index (Phi) is 7.19. The Morgan fingerprint density at radius 3 is 2.45 bits per heavy atom. The molecule has 2 aromatic rings. The van der Waals surface area contributed by atoms with Gasteiger partial charge < -0.3 is 5.32 Å². The summed E-state index contributed by atoms with van der Waals surface area (Å²) in [4.78, 5) is 37.5.